The lowest BCUT2D eigenvalue weighted by molar-refractivity contribution is -0.179. The summed E-state index contributed by atoms with van der Waals surface area (Å²) in [6.07, 6.45) is -1.58. The van der Waals surface area contributed by atoms with Crippen LogP contribution in [0.5, 0.6) is 0 Å². The third-order valence-corrected chi connectivity index (χ3v) is 4.72. The van der Waals surface area contributed by atoms with Crippen molar-refractivity contribution in [2.24, 2.45) is 11.7 Å². The van der Waals surface area contributed by atoms with E-state index in [-0.39, 0.29) is 51.3 Å². The molecule has 1 heterocycles. The molecular formula is C14H22F2N2O4. The first-order chi connectivity index (χ1) is 10.2. The molecule has 1 aliphatic heterocycles. The molecule has 0 aromatic rings. The van der Waals surface area contributed by atoms with Gasteiger partial charge in [0.2, 0.25) is 12.3 Å². The lowest BCUT2D eigenvalue weighted by atomic mass is 9.76. The second-order valence-electron chi connectivity index (χ2n) is 6.44. The van der Waals surface area contributed by atoms with Crippen LogP contribution < -0.4 is 5.73 Å². The Bertz CT molecular complexity index is 452. The maximum Gasteiger partial charge on any atom is 0.337 e. The summed E-state index contributed by atoms with van der Waals surface area (Å²) in [7, 11) is 0. The molecule has 2 fully saturated rings. The molecule has 1 atom stereocenters. The van der Waals surface area contributed by atoms with Crippen LogP contribution in [0.4, 0.5) is 8.78 Å². The summed E-state index contributed by atoms with van der Waals surface area (Å²) in [5.74, 6) is -2.22. The zero-order valence-corrected chi connectivity index (χ0v) is 12.6. The summed E-state index contributed by atoms with van der Waals surface area (Å²) in [6.45, 7) is 1.70. The topological polar surface area (TPSA) is 92.9 Å². The first-order valence-corrected chi connectivity index (χ1v) is 7.42. The molecule has 1 aliphatic carbocycles. The Balaban J connectivity index is 2.03. The fourth-order valence-electron chi connectivity index (χ4n) is 3.11. The molecule has 2 aliphatic rings. The van der Waals surface area contributed by atoms with Gasteiger partial charge in [0, 0.05) is 12.5 Å². The average molecular weight is 320 g/mol. The number of morpholine rings is 1. The van der Waals surface area contributed by atoms with Gasteiger partial charge in [0.15, 0.2) is 5.60 Å². The van der Waals surface area contributed by atoms with Gasteiger partial charge < -0.3 is 20.5 Å². The number of carboxylic acids is 1. The molecule has 0 radical (unpaired) electrons. The molecule has 1 unspecified atom stereocenters. The van der Waals surface area contributed by atoms with Gasteiger partial charge in [0.25, 0.3) is 0 Å². The van der Waals surface area contributed by atoms with Gasteiger partial charge in [-0.3, -0.25) is 4.79 Å². The second-order valence-corrected chi connectivity index (χ2v) is 6.44. The Kier molecular flexibility index (Phi) is 4.72. The normalized spacial score (nSPS) is 36.4. The van der Waals surface area contributed by atoms with Crippen LogP contribution >= 0.6 is 0 Å². The third-order valence-electron chi connectivity index (χ3n) is 4.72. The van der Waals surface area contributed by atoms with Crippen LogP contribution in [0, 0.1) is 5.92 Å². The minimum absolute atomic E-state index is 0.0849. The molecule has 126 valence electrons. The Morgan fingerprint density at radius 3 is 2.45 bits per heavy atom. The number of alkyl halides is 2. The van der Waals surface area contributed by atoms with Gasteiger partial charge in [-0.2, -0.15) is 0 Å². The van der Waals surface area contributed by atoms with Gasteiger partial charge in [-0.15, -0.1) is 0 Å². The van der Waals surface area contributed by atoms with E-state index in [2.05, 4.69) is 0 Å². The number of nitrogens with two attached hydrogens (primary N) is 1. The van der Waals surface area contributed by atoms with E-state index in [1.165, 1.54) is 11.8 Å². The van der Waals surface area contributed by atoms with Gasteiger partial charge in [-0.1, -0.05) is 0 Å². The van der Waals surface area contributed by atoms with Crippen molar-refractivity contribution in [1.82, 2.24) is 4.90 Å². The summed E-state index contributed by atoms with van der Waals surface area (Å²) in [5, 5.41) is 9.19. The van der Waals surface area contributed by atoms with E-state index >= 15 is 0 Å². The minimum atomic E-state index is -2.39. The van der Waals surface area contributed by atoms with Crippen molar-refractivity contribution in [1.29, 1.82) is 0 Å². The first kappa shape index (κ1) is 17.1. The van der Waals surface area contributed by atoms with Crippen molar-refractivity contribution in [3.8, 4) is 0 Å². The predicted molar refractivity (Wildman–Crippen MR) is 73.5 cm³/mol. The Morgan fingerprint density at radius 2 is 1.95 bits per heavy atom. The number of carbonyl (C=O) groups excluding carboxylic acids is 1. The van der Waals surface area contributed by atoms with Gasteiger partial charge in [0.05, 0.1) is 18.7 Å². The number of halogens is 2. The molecule has 1 saturated carbocycles. The highest BCUT2D eigenvalue weighted by atomic mass is 19.3. The summed E-state index contributed by atoms with van der Waals surface area (Å²) in [6, 6.07) is 0. The molecule has 1 saturated heterocycles. The van der Waals surface area contributed by atoms with E-state index in [1.807, 2.05) is 0 Å². The van der Waals surface area contributed by atoms with E-state index in [0.29, 0.717) is 0 Å². The van der Waals surface area contributed by atoms with Crippen molar-refractivity contribution in [3.05, 3.63) is 0 Å². The Hall–Kier alpha value is -1.28. The number of hydrogen-bond donors (Lipinski definition) is 2. The number of nitrogens with zero attached hydrogens (tertiary/aromatic N) is 1. The van der Waals surface area contributed by atoms with Crippen LogP contribution in [0.2, 0.25) is 0 Å². The fraction of sp³-hybridized carbons (Fsp3) is 0.857. The van der Waals surface area contributed by atoms with E-state index in [4.69, 9.17) is 10.5 Å². The molecule has 6 nitrogen and oxygen atoms in total. The van der Waals surface area contributed by atoms with E-state index in [0.717, 1.165) is 0 Å². The number of carbonyl (C=O) groups is 2. The van der Waals surface area contributed by atoms with Gasteiger partial charge in [-0.25, -0.2) is 13.6 Å². The molecule has 0 bridgehead atoms. The Morgan fingerprint density at radius 1 is 1.36 bits per heavy atom. The zero-order valence-electron chi connectivity index (χ0n) is 12.6. The molecule has 2 rings (SSSR count). The highest BCUT2D eigenvalue weighted by Gasteiger charge is 2.47. The molecule has 0 aromatic heterocycles. The van der Waals surface area contributed by atoms with Crippen molar-refractivity contribution in [3.63, 3.8) is 0 Å². The summed E-state index contributed by atoms with van der Waals surface area (Å²) < 4.78 is 30.6. The SMILES string of the molecule is CC1(C(=O)O)CN(C(=O)C2(N)CCC(C(F)F)CC2)CCO1. The van der Waals surface area contributed by atoms with Crippen molar-refractivity contribution < 1.29 is 28.2 Å². The highest BCUT2D eigenvalue weighted by Crippen LogP contribution is 2.35. The Labute approximate surface area is 127 Å². The number of carboxylic acid groups (broad SMARTS) is 1. The lowest BCUT2D eigenvalue weighted by Gasteiger charge is -2.43. The molecule has 0 aromatic carbocycles. The summed E-state index contributed by atoms with van der Waals surface area (Å²) in [5.41, 5.74) is 3.50. The monoisotopic (exact) mass is 320 g/mol. The number of ether oxygens (including phenoxy) is 1. The number of amides is 1. The molecular weight excluding hydrogens is 298 g/mol. The van der Waals surface area contributed by atoms with Crippen molar-refractivity contribution in [2.45, 2.75) is 50.2 Å². The van der Waals surface area contributed by atoms with Gasteiger partial charge >= 0.3 is 5.97 Å². The second kappa shape index (κ2) is 6.08. The third kappa shape index (κ3) is 3.22. The van der Waals surface area contributed by atoms with Crippen LogP contribution in [-0.4, -0.2) is 59.1 Å². The molecule has 1 amide bonds. The fourth-order valence-corrected chi connectivity index (χ4v) is 3.11. The van der Waals surface area contributed by atoms with Crippen LogP contribution in [-0.2, 0) is 14.3 Å². The van der Waals surface area contributed by atoms with Gasteiger partial charge in [-0.05, 0) is 32.6 Å². The summed E-state index contributed by atoms with van der Waals surface area (Å²) >= 11 is 0. The maximum absolute atomic E-state index is 12.7. The largest absolute Gasteiger partial charge is 0.479 e. The van der Waals surface area contributed by atoms with Crippen LogP contribution in [0.25, 0.3) is 0 Å². The highest BCUT2D eigenvalue weighted by molar-refractivity contribution is 5.87. The standard InChI is InChI=1S/C14H22F2N2O4/c1-13(12(20)21)8-18(6-7-22-13)11(19)14(17)4-2-9(3-5-14)10(15)16/h9-10H,2-8,17H2,1H3,(H,20,21). The van der Waals surface area contributed by atoms with E-state index in [9.17, 15) is 23.5 Å². The lowest BCUT2D eigenvalue weighted by Crippen LogP contribution is -2.63. The molecule has 0 spiro atoms. The number of hydrogen-bond acceptors (Lipinski definition) is 4. The number of aliphatic carboxylic acids is 1. The quantitative estimate of drug-likeness (QED) is 0.804. The van der Waals surface area contributed by atoms with Crippen LogP contribution in [0.1, 0.15) is 32.6 Å². The maximum atomic E-state index is 12.7. The minimum Gasteiger partial charge on any atom is -0.479 e. The van der Waals surface area contributed by atoms with E-state index in [1.54, 1.807) is 0 Å². The van der Waals surface area contributed by atoms with E-state index < -0.39 is 29.5 Å². The first-order valence-electron chi connectivity index (χ1n) is 7.42. The predicted octanol–water partition coefficient (Wildman–Crippen LogP) is 0.841. The smallest absolute Gasteiger partial charge is 0.337 e. The average Bonchev–Trinajstić information content (AvgIpc) is 2.46. The zero-order chi connectivity index (χ0) is 16.5. The molecule has 22 heavy (non-hydrogen) atoms. The van der Waals surface area contributed by atoms with Crippen molar-refractivity contribution in [2.75, 3.05) is 19.7 Å². The van der Waals surface area contributed by atoms with Crippen molar-refractivity contribution >= 4 is 11.9 Å². The van der Waals surface area contributed by atoms with Crippen LogP contribution in [0.15, 0.2) is 0 Å². The van der Waals surface area contributed by atoms with Crippen LogP contribution in [0.3, 0.4) is 0 Å². The summed E-state index contributed by atoms with van der Waals surface area (Å²) in [4.78, 5) is 25.3. The molecule has 8 heteroatoms. The van der Waals surface area contributed by atoms with Gasteiger partial charge in [0.1, 0.15) is 0 Å². The molecule has 3 N–H and O–H groups in total. The number of rotatable bonds is 3.